The van der Waals surface area contributed by atoms with Crippen molar-refractivity contribution in [3.05, 3.63) is 90.5 Å². The van der Waals surface area contributed by atoms with Gasteiger partial charge in [0.1, 0.15) is 5.75 Å². The summed E-state index contributed by atoms with van der Waals surface area (Å²) in [5.74, 6) is 0.594. The second-order valence-electron chi connectivity index (χ2n) is 6.59. The number of benzene rings is 4. The molecule has 4 rings (SSSR count). The van der Waals surface area contributed by atoms with Crippen molar-refractivity contribution in [3.63, 3.8) is 0 Å². The highest BCUT2D eigenvalue weighted by Crippen LogP contribution is 2.26. The minimum absolute atomic E-state index is 0.129. The fourth-order valence-electron chi connectivity index (χ4n) is 3.32. The van der Waals surface area contributed by atoms with Gasteiger partial charge in [-0.1, -0.05) is 78.9 Å². The van der Waals surface area contributed by atoms with E-state index in [-0.39, 0.29) is 5.91 Å². The zero-order valence-corrected chi connectivity index (χ0v) is 15.2. The molecule has 0 aliphatic carbocycles. The lowest BCUT2D eigenvalue weighted by Crippen LogP contribution is -2.36. The molecule has 1 N–H and O–H groups in total. The van der Waals surface area contributed by atoms with Crippen molar-refractivity contribution < 1.29 is 9.53 Å². The summed E-state index contributed by atoms with van der Waals surface area (Å²) in [7, 11) is 0. The average molecular weight is 355 g/mol. The molecule has 1 amide bonds. The third-order valence-electron chi connectivity index (χ3n) is 4.76. The Balaban J connectivity index is 1.46. The molecule has 134 valence electrons. The number of ether oxygens (including phenoxy) is 1. The molecule has 0 radical (unpaired) electrons. The van der Waals surface area contributed by atoms with Gasteiger partial charge >= 0.3 is 0 Å². The first-order valence-corrected chi connectivity index (χ1v) is 9.11. The maximum Gasteiger partial charge on any atom is 0.261 e. The third kappa shape index (κ3) is 3.63. The van der Waals surface area contributed by atoms with Crippen molar-refractivity contribution >= 4 is 27.5 Å². The van der Waals surface area contributed by atoms with Gasteiger partial charge in [-0.05, 0) is 34.7 Å². The van der Waals surface area contributed by atoms with Crippen LogP contribution in [0, 0.1) is 0 Å². The summed E-state index contributed by atoms with van der Waals surface area (Å²) in [6, 6.07) is 28.2. The van der Waals surface area contributed by atoms with Gasteiger partial charge < -0.3 is 10.1 Å². The van der Waals surface area contributed by atoms with E-state index in [4.69, 9.17) is 4.74 Å². The maximum atomic E-state index is 12.6. The first-order chi connectivity index (χ1) is 13.2. The fraction of sp³-hybridized carbons (Fsp3) is 0.125. The van der Waals surface area contributed by atoms with Crippen LogP contribution < -0.4 is 10.1 Å². The summed E-state index contributed by atoms with van der Waals surface area (Å²) >= 11 is 0. The van der Waals surface area contributed by atoms with Crippen molar-refractivity contribution in [2.75, 3.05) is 0 Å². The SMILES string of the molecule is CC(Oc1cccc2ccccc12)C(=O)NCc1cccc2ccccc12. The predicted octanol–water partition coefficient (Wildman–Crippen LogP) is 5.08. The maximum absolute atomic E-state index is 12.6. The van der Waals surface area contributed by atoms with E-state index in [0.717, 1.165) is 27.5 Å². The van der Waals surface area contributed by atoms with E-state index in [9.17, 15) is 4.79 Å². The van der Waals surface area contributed by atoms with Gasteiger partial charge in [-0.15, -0.1) is 0 Å². The zero-order valence-electron chi connectivity index (χ0n) is 15.2. The number of carbonyl (C=O) groups is 1. The minimum atomic E-state index is -0.578. The molecule has 4 aromatic rings. The van der Waals surface area contributed by atoms with Gasteiger partial charge in [-0.2, -0.15) is 0 Å². The molecule has 1 unspecified atom stereocenters. The number of hydrogen-bond donors (Lipinski definition) is 1. The Morgan fingerprint density at radius 3 is 2.19 bits per heavy atom. The van der Waals surface area contributed by atoms with Crippen LogP contribution in [0.25, 0.3) is 21.5 Å². The predicted molar refractivity (Wildman–Crippen MR) is 110 cm³/mol. The molecule has 0 aliphatic heterocycles. The highest BCUT2D eigenvalue weighted by atomic mass is 16.5. The Hall–Kier alpha value is -3.33. The van der Waals surface area contributed by atoms with Crippen LogP contribution in [-0.2, 0) is 11.3 Å². The number of carbonyl (C=O) groups excluding carboxylic acids is 1. The zero-order chi connectivity index (χ0) is 18.6. The monoisotopic (exact) mass is 355 g/mol. The van der Waals surface area contributed by atoms with Crippen molar-refractivity contribution in [1.82, 2.24) is 5.32 Å². The average Bonchev–Trinajstić information content (AvgIpc) is 2.72. The van der Waals surface area contributed by atoms with Crippen LogP contribution in [-0.4, -0.2) is 12.0 Å². The van der Waals surface area contributed by atoms with E-state index in [0.29, 0.717) is 6.54 Å². The number of hydrogen-bond acceptors (Lipinski definition) is 2. The van der Waals surface area contributed by atoms with Crippen LogP contribution in [0.5, 0.6) is 5.75 Å². The van der Waals surface area contributed by atoms with E-state index in [2.05, 4.69) is 23.5 Å². The topological polar surface area (TPSA) is 38.3 Å². The quantitative estimate of drug-likeness (QED) is 0.542. The second-order valence-corrected chi connectivity index (χ2v) is 6.59. The molecule has 0 aromatic heterocycles. The van der Waals surface area contributed by atoms with Gasteiger partial charge in [0.25, 0.3) is 5.91 Å². The largest absolute Gasteiger partial charge is 0.480 e. The van der Waals surface area contributed by atoms with Crippen molar-refractivity contribution in [1.29, 1.82) is 0 Å². The van der Waals surface area contributed by atoms with Gasteiger partial charge in [0, 0.05) is 11.9 Å². The Labute approximate surface area is 158 Å². The summed E-state index contributed by atoms with van der Waals surface area (Å²) in [4.78, 5) is 12.6. The molecular weight excluding hydrogens is 334 g/mol. The molecule has 0 aliphatic rings. The van der Waals surface area contributed by atoms with Gasteiger partial charge in [0.15, 0.2) is 6.10 Å². The Morgan fingerprint density at radius 2 is 1.41 bits per heavy atom. The van der Waals surface area contributed by atoms with E-state index in [1.165, 1.54) is 5.39 Å². The van der Waals surface area contributed by atoms with Gasteiger partial charge in [0.2, 0.25) is 0 Å². The van der Waals surface area contributed by atoms with Crippen LogP contribution in [0.4, 0.5) is 0 Å². The highest BCUT2D eigenvalue weighted by molar-refractivity contribution is 5.89. The molecule has 27 heavy (non-hydrogen) atoms. The van der Waals surface area contributed by atoms with Crippen molar-refractivity contribution in [3.8, 4) is 5.75 Å². The lowest BCUT2D eigenvalue weighted by atomic mass is 10.0. The molecule has 0 heterocycles. The summed E-state index contributed by atoms with van der Waals surface area (Å²) < 4.78 is 5.95. The van der Waals surface area contributed by atoms with Gasteiger partial charge in [-0.25, -0.2) is 0 Å². The first-order valence-electron chi connectivity index (χ1n) is 9.11. The van der Waals surface area contributed by atoms with E-state index in [1.54, 1.807) is 6.92 Å². The second kappa shape index (κ2) is 7.50. The molecule has 1 atom stereocenters. The van der Waals surface area contributed by atoms with Gasteiger partial charge in [-0.3, -0.25) is 4.79 Å². The first kappa shape index (κ1) is 17.1. The van der Waals surface area contributed by atoms with Gasteiger partial charge in [0.05, 0.1) is 0 Å². The van der Waals surface area contributed by atoms with Crippen LogP contribution in [0.15, 0.2) is 84.9 Å². The lowest BCUT2D eigenvalue weighted by Gasteiger charge is -2.16. The molecule has 4 aromatic carbocycles. The number of nitrogens with one attached hydrogen (secondary N) is 1. The van der Waals surface area contributed by atoms with Crippen molar-refractivity contribution in [2.45, 2.75) is 19.6 Å². The Kier molecular flexibility index (Phi) is 4.75. The normalized spacial score (nSPS) is 12.0. The molecule has 0 spiro atoms. The summed E-state index contributed by atoms with van der Waals surface area (Å²) in [6.07, 6.45) is -0.578. The smallest absolute Gasteiger partial charge is 0.261 e. The van der Waals surface area contributed by atoms with Crippen LogP contribution in [0.3, 0.4) is 0 Å². The number of fused-ring (bicyclic) bond motifs is 2. The summed E-state index contributed by atoms with van der Waals surface area (Å²) in [5, 5.41) is 7.43. The molecule has 3 heteroatoms. The summed E-state index contributed by atoms with van der Waals surface area (Å²) in [5.41, 5.74) is 1.10. The van der Waals surface area contributed by atoms with E-state index < -0.39 is 6.10 Å². The van der Waals surface area contributed by atoms with E-state index in [1.807, 2.05) is 66.7 Å². The standard InChI is InChI=1S/C24H21NO2/c1-17(27-23-15-7-11-19-9-3-5-14-22(19)23)24(26)25-16-20-12-6-10-18-8-2-4-13-21(18)20/h2-15,17H,16H2,1H3,(H,25,26). The molecule has 0 bridgehead atoms. The van der Waals surface area contributed by atoms with Crippen LogP contribution in [0.2, 0.25) is 0 Å². The third-order valence-corrected chi connectivity index (χ3v) is 4.76. The highest BCUT2D eigenvalue weighted by Gasteiger charge is 2.16. The minimum Gasteiger partial charge on any atom is -0.480 e. The number of rotatable bonds is 5. The van der Waals surface area contributed by atoms with Crippen LogP contribution >= 0.6 is 0 Å². The molecular formula is C24H21NO2. The molecule has 0 fully saturated rings. The fourth-order valence-corrected chi connectivity index (χ4v) is 3.32. The molecule has 0 saturated heterocycles. The summed E-state index contributed by atoms with van der Waals surface area (Å²) in [6.45, 7) is 2.25. The molecule has 3 nitrogen and oxygen atoms in total. The van der Waals surface area contributed by atoms with E-state index >= 15 is 0 Å². The molecule has 0 saturated carbocycles. The van der Waals surface area contributed by atoms with Crippen LogP contribution in [0.1, 0.15) is 12.5 Å². The Morgan fingerprint density at radius 1 is 0.815 bits per heavy atom. The van der Waals surface area contributed by atoms with Crippen molar-refractivity contribution in [2.24, 2.45) is 0 Å². The Bertz CT molecular complexity index is 1090. The number of amides is 1. The lowest BCUT2D eigenvalue weighted by molar-refractivity contribution is -0.127.